The largest absolute Gasteiger partial charge is 0.524 e. The van der Waals surface area contributed by atoms with Crippen molar-refractivity contribution in [3.63, 3.8) is 0 Å². The minimum absolute atomic E-state index is 0.169. The second-order valence-corrected chi connectivity index (χ2v) is 14.0. The number of amides is 6. The lowest BCUT2D eigenvalue weighted by molar-refractivity contribution is -0.140. The number of nitrogens with two attached hydrogens (primary N) is 2. The van der Waals surface area contributed by atoms with Crippen molar-refractivity contribution in [2.45, 2.75) is 95.0 Å². The first-order valence-corrected chi connectivity index (χ1v) is 18.5. The molecule has 14 N–H and O–H groups in total. The number of phosphoric acid groups is 1. The second kappa shape index (κ2) is 23.2. The van der Waals surface area contributed by atoms with Gasteiger partial charge in [-0.15, -0.1) is 0 Å². The first-order chi connectivity index (χ1) is 26.4. The van der Waals surface area contributed by atoms with Gasteiger partial charge in [0.2, 0.25) is 35.4 Å². The van der Waals surface area contributed by atoms with E-state index in [1.807, 2.05) is 0 Å². The Morgan fingerprint density at radius 1 is 0.684 bits per heavy atom. The average molecular weight is 832 g/mol. The highest BCUT2D eigenvalue weighted by Crippen LogP contribution is 2.37. The SMILES string of the molecule is CC(C)[C@@H](C=O)NC(=O)[C@H](CC(N)=O)NC(=O)[C@H](CCC(=O)O)NC(=O)[C@H](Cc1ccc(OP(=O)(O)O)cc1)NC(=O)[C@H](CCC(=O)O)NC(=O)[C@@H](N)CC(=O)O. The fraction of sp³-hybridized carbons (Fsp3) is 0.500. The molecule has 0 aliphatic heterocycles. The van der Waals surface area contributed by atoms with E-state index in [9.17, 15) is 62.7 Å². The lowest BCUT2D eigenvalue weighted by Gasteiger charge is -2.27. The molecule has 0 aliphatic carbocycles. The molecular weight excluding hydrogens is 785 g/mol. The smallest absolute Gasteiger partial charge is 0.481 e. The molecule has 1 rings (SSSR count). The normalized spacial score (nSPS) is 14.3. The number of carboxylic acid groups (broad SMARTS) is 3. The molecule has 57 heavy (non-hydrogen) atoms. The number of carboxylic acids is 3. The van der Waals surface area contributed by atoms with E-state index in [0.717, 1.165) is 12.1 Å². The maximum absolute atomic E-state index is 13.9. The van der Waals surface area contributed by atoms with Crippen LogP contribution in [0.5, 0.6) is 5.75 Å². The predicted molar refractivity (Wildman–Crippen MR) is 191 cm³/mol. The van der Waals surface area contributed by atoms with Crippen LogP contribution in [-0.2, 0) is 58.9 Å². The number of aliphatic carboxylic acids is 3. The fourth-order valence-corrected chi connectivity index (χ4v) is 5.15. The van der Waals surface area contributed by atoms with Gasteiger partial charge in [0.05, 0.1) is 24.9 Å². The van der Waals surface area contributed by atoms with Gasteiger partial charge in [-0.2, -0.15) is 0 Å². The number of benzene rings is 1. The Balaban J connectivity index is 3.58. The van der Waals surface area contributed by atoms with Crippen LogP contribution in [0.3, 0.4) is 0 Å². The molecule has 6 amide bonds. The quantitative estimate of drug-likeness (QED) is 0.0317. The molecule has 0 saturated carbocycles. The standard InChI is InChI=1S/C32H46N7O17P/c1-15(2)23(14-40)39-32(52)22(13-24(34)41)38-30(50)20(8-10-26(44)45)36-31(51)21(11-16-3-5-17(6-4-16)56-57(53,54)55)37-29(49)19(7-9-25(42)43)35-28(48)18(33)12-27(46)47/h3-6,14-15,18-23H,7-13,33H2,1-2H3,(H2,34,41)(H,35,48)(H,36,51)(H,37,49)(H,38,50)(H,39,52)(H,42,43)(H,44,45)(H,46,47)(H2,53,54,55)/t18-,19-,20-,21-,22-,23+/m0/s1. The molecule has 1 aromatic carbocycles. The molecule has 0 aliphatic rings. The molecule has 0 spiro atoms. The Labute approximate surface area is 324 Å². The summed E-state index contributed by atoms with van der Waals surface area (Å²) in [5.41, 5.74) is 11.0. The Hall–Kier alpha value is -5.97. The van der Waals surface area contributed by atoms with Gasteiger partial charge in [-0.3, -0.25) is 52.9 Å². The van der Waals surface area contributed by atoms with Crippen LogP contribution < -0.4 is 42.6 Å². The summed E-state index contributed by atoms with van der Waals surface area (Å²) in [5.74, 6) is -11.9. The molecule has 6 atom stereocenters. The van der Waals surface area contributed by atoms with E-state index in [2.05, 4.69) is 31.1 Å². The average Bonchev–Trinajstić information content (AvgIpc) is 3.08. The lowest BCUT2D eigenvalue weighted by atomic mass is 10.0. The van der Waals surface area contributed by atoms with Crippen molar-refractivity contribution in [3.8, 4) is 5.75 Å². The number of phosphoric ester groups is 1. The third-order valence-corrected chi connectivity index (χ3v) is 8.17. The molecule has 0 unspecified atom stereocenters. The number of carbonyl (C=O) groups excluding carboxylic acids is 7. The van der Waals surface area contributed by atoms with E-state index in [0.29, 0.717) is 6.29 Å². The predicted octanol–water partition coefficient (Wildman–Crippen LogP) is -3.61. The van der Waals surface area contributed by atoms with Crippen LogP contribution in [0.4, 0.5) is 0 Å². The van der Waals surface area contributed by atoms with Crippen LogP contribution in [0, 0.1) is 5.92 Å². The van der Waals surface area contributed by atoms with Crippen LogP contribution in [-0.4, -0.2) is 121 Å². The maximum Gasteiger partial charge on any atom is 0.524 e. The molecule has 0 radical (unpaired) electrons. The number of rotatable bonds is 26. The summed E-state index contributed by atoms with van der Waals surface area (Å²) in [4.78, 5) is 142. The number of nitrogens with one attached hydrogen (secondary N) is 5. The van der Waals surface area contributed by atoms with Crippen LogP contribution in [0.1, 0.15) is 57.9 Å². The van der Waals surface area contributed by atoms with Gasteiger partial charge < -0.3 is 62.7 Å². The highest BCUT2D eigenvalue weighted by atomic mass is 31.2. The van der Waals surface area contributed by atoms with E-state index >= 15 is 0 Å². The number of hydrogen-bond acceptors (Lipinski definition) is 13. The van der Waals surface area contributed by atoms with Gasteiger partial charge in [0.15, 0.2) is 0 Å². The van der Waals surface area contributed by atoms with E-state index in [-0.39, 0.29) is 11.3 Å². The van der Waals surface area contributed by atoms with Crippen molar-refractivity contribution in [1.82, 2.24) is 26.6 Å². The monoisotopic (exact) mass is 831 g/mol. The van der Waals surface area contributed by atoms with E-state index in [4.69, 9.17) is 26.4 Å². The summed E-state index contributed by atoms with van der Waals surface area (Å²) in [6.45, 7) is 3.18. The summed E-state index contributed by atoms with van der Waals surface area (Å²) in [7, 11) is -4.98. The summed E-state index contributed by atoms with van der Waals surface area (Å²) in [5, 5.41) is 38.7. The molecule has 0 bridgehead atoms. The van der Waals surface area contributed by atoms with Gasteiger partial charge in [-0.25, -0.2) is 4.57 Å². The van der Waals surface area contributed by atoms with Gasteiger partial charge in [-0.05, 0) is 36.5 Å². The van der Waals surface area contributed by atoms with Crippen molar-refractivity contribution in [3.05, 3.63) is 29.8 Å². The molecule has 25 heteroatoms. The van der Waals surface area contributed by atoms with Crippen LogP contribution in [0.15, 0.2) is 24.3 Å². The molecule has 316 valence electrons. The van der Waals surface area contributed by atoms with Gasteiger partial charge in [0.25, 0.3) is 0 Å². The van der Waals surface area contributed by atoms with Crippen LogP contribution in [0.25, 0.3) is 0 Å². The highest BCUT2D eigenvalue weighted by molar-refractivity contribution is 7.46. The van der Waals surface area contributed by atoms with Crippen molar-refractivity contribution in [2.24, 2.45) is 17.4 Å². The second-order valence-electron chi connectivity index (χ2n) is 12.8. The fourth-order valence-electron chi connectivity index (χ4n) is 4.75. The van der Waals surface area contributed by atoms with Crippen molar-refractivity contribution in [2.75, 3.05) is 0 Å². The molecule has 24 nitrogen and oxygen atoms in total. The summed E-state index contributed by atoms with van der Waals surface area (Å²) in [6, 6.07) is -5.11. The maximum atomic E-state index is 13.9. The molecule has 0 aromatic heterocycles. The van der Waals surface area contributed by atoms with Gasteiger partial charge in [0, 0.05) is 19.3 Å². The summed E-state index contributed by atoms with van der Waals surface area (Å²) in [6.07, 6.45) is -4.43. The highest BCUT2D eigenvalue weighted by Gasteiger charge is 2.34. The minimum atomic E-state index is -4.98. The molecule has 0 heterocycles. The molecule has 0 fully saturated rings. The first kappa shape index (κ1) is 49.0. The molecule has 0 saturated heterocycles. The van der Waals surface area contributed by atoms with Gasteiger partial charge in [0.1, 0.15) is 36.2 Å². The van der Waals surface area contributed by atoms with Crippen molar-refractivity contribution >= 4 is 67.5 Å². The summed E-state index contributed by atoms with van der Waals surface area (Å²) >= 11 is 0. The Bertz CT molecular complexity index is 1700. The third kappa shape index (κ3) is 19.5. The third-order valence-electron chi connectivity index (χ3n) is 7.72. The number of hydrogen-bond donors (Lipinski definition) is 12. The van der Waals surface area contributed by atoms with Gasteiger partial charge in [-0.1, -0.05) is 26.0 Å². The zero-order valence-corrected chi connectivity index (χ0v) is 31.5. The van der Waals surface area contributed by atoms with E-state index < -0.39 is 148 Å². The van der Waals surface area contributed by atoms with Crippen LogP contribution in [0.2, 0.25) is 0 Å². The zero-order chi connectivity index (χ0) is 43.6. The Morgan fingerprint density at radius 2 is 1.12 bits per heavy atom. The van der Waals surface area contributed by atoms with Crippen molar-refractivity contribution < 1.29 is 82.1 Å². The Kier molecular flexibility index (Phi) is 19.9. The minimum Gasteiger partial charge on any atom is -0.481 e. The lowest BCUT2D eigenvalue weighted by Crippen LogP contribution is -2.60. The van der Waals surface area contributed by atoms with Gasteiger partial charge >= 0.3 is 25.7 Å². The van der Waals surface area contributed by atoms with E-state index in [1.54, 1.807) is 13.8 Å². The molecule has 1 aromatic rings. The number of carbonyl (C=O) groups is 10. The molecular formula is C32H46N7O17P. The van der Waals surface area contributed by atoms with Crippen LogP contribution >= 0.6 is 7.82 Å². The number of primary amides is 1. The number of aldehydes is 1. The van der Waals surface area contributed by atoms with Crippen molar-refractivity contribution in [1.29, 1.82) is 0 Å². The van der Waals surface area contributed by atoms with E-state index in [1.165, 1.54) is 12.1 Å². The Morgan fingerprint density at radius 3 is 1.54 bits per heavy atom. The topological polar surface area (TPSA) is 410 Å². The summed E-state index contributed by atoms with van der Waals surface area (Å²) < 4.78 is 15.7. The zero-order valence-electron chi connectivity index (χ0n) is 30.6. The first-order valence-electron chi connectivity index (χ1n) is 16.9.